The Labute approximate surface area is 116 Å². The molecular formula is C16H27N3. The molecule has 106 valence electrons. The first-order valence-corrected chi connectivity index (χ1v) is 7.74. The summed E-state index contributed by atoms with van der Waals surface area (Å²) < 4.78 is 2.37. The van der Waals surface area contributed by atoms with Crippen molar-refractivity contribution < 1.29 is 0 Å². The Morgan fingerprint density at radius 3 is 2.32 bits per heavy atom. The van der Waals surface area contributed by atoms with E-state index in [0.29, 0.717) is 22.9 Å². The van der Waals surface area contributed by atoms with Crippen LogP contribution in [0.5, 0.6) is 0 Å². The van der Waals surface area contributed by atoms with Gasteiger partial charge >= 0.3 is 0 Å². The Kier molecular flexibility index (Phi) is 2.91. The van der Waals surface area contributed by atoms with Gasteiger partial charge in [0.05, 0.1) is 0 Å². The second-order valence-corrected chi connectivity index (χ2v) is 7.48. The number of imidazole rings is 1. The molecule has 2 saturated carbocycles. The van der Waals surface area contributed by atoms with Gasteiger partial charge in [0.25, 0.3) is 0 Å². The molecule has 0 bridgehead atoms. The van der Waals surface area contributed by atoms with Crippen LogP contribution in [-0.2, 0) is 0 Å². The van der Waals surface area contributed by atoms with Crippen LogP contribution in [0.25, 0.3) is 0 Å². The van der Waals surface area contributed by atoms with E-state index in [1.165, 1.54) is 32.1 Å². The van der Waals surface area contributed by atoms with Gasteiger partial charge in [-0.25, -0.2) is 4.98 Å². The summed E-state index contributed by atoms with van der Waals surface area (Å²) in [7, 11) is 0. The first-order valence-electron chi connectivity index (χ1n) is 7.74. The maximum absolute atomic E-state index is 4.55. The number of hydrogen-bond donors (Lipinski definition) is 1. The van der Waals surface area contributed by atoms with Crippen molar-refractivity contribution in [3.63, 3.8) is 0 Å². The Morgan fingerprint density at radius 1 is 1.11 bits per heavy atom. The van der Waals surface area contributed by atoms with E-state index < -0.39 is 0 Å². The summed E-state index contributed by atoms with van der Waals surface area (Å²) in [5.74, 6) is 1.08. The zero-order chi connectivity index (χ0) is 13.7. The summed E-state index contributed by atoms with van der Waals surface area (Å²) in [4.78, 5) is 4.55. The van der Waals surface area contributed by atoms with Crippen molar-refractivity contribution in [2.75, 3.05) is 5.32 Å². The molecule has 1 aromatic heterocycles. The third-order valence-corrected chi connectivity index (χ3v) is 5.83. The molecule has 1 aromatic rings. The van der Waals surface area contributed by atoms with Gasteiger partial charge in [0.1, 0.15) is 0 Å². The summed E-state index contributed by atoms with van der Waals surface area (Å²) in [6, 6.07) is 1.19. The molecule has 0 spiro atoms. The molecular weight excluding hydrogens is 234 g/mol. The van der Waals surface area contributed by atoms with E-state index in [4.69, 9.17) is 0 Å². The smallest absolute Gasteiger partial charge is 0.203 e. The molecule has 2 aliphatic carbocycles. The van der Waals surface area contributed by atoms with E-state index in [1.807, 2.05) is 6.20 Å². The van der Waals surface area contributed by atoms with Crippen LogP contribution in [0.4, 0.5) is 5.95 Å². The van der Waals surface area contributed by atoms with Gasteiger partial charge in [-0.05, 0) is 23.7 Å². The largest absolute Gasteiger partial charge is 0.353 e. The fraction of sp³-hybridized carbons (Fsp3) is 0.812. The highest BCUT2D eigenvalue weighted by Crippen LogP contribution is 2.71. The Morgan fingerprint density at radius 2 is 1.74 bits per heavy atom. The third-order valence-electron chi connectivity index (χ3n) is 5.83. The van der Waals surface area contributed by atoms with E-state index >= 15 is 0 Å². The molecule has 1 heterocycles. The maximum Gasteiger partial charge on any atom is 0.203 e. The summed E-state index contributed by atoms with van der Waals surface area (Å²) in [5, 5.41) is 3.68. The predicted octanol–water partition coefficient (Wildman–Crippen LogP) is 4.23. The van der Waals surface area contributed by atoms with Crippen molar-refractivity contribution in [1.82, 2.24) is 9.55 Å². The van der Waals surface area contributed by atoms with Crippen LogP contribution in [0.2, 0.25) is 0 Å². The van der Waals surface area contributed by atoms with Crippen molar-refractivity contribution in [3.8, 4) is 0 Å². The molecule has 0 aromatic carbocycles. The number of rotatable bonds is 3. The fourth-order valence-corrected chi connectivity index (χ4v) is 3.92. The van der Waals surface area contributed by atoms with Crippen molar-refractivity contribution >= 4 is 5.95 Å². The van der Waals surface area contributed by atoms with Gasteiger partial charge in [0.15, 0.2) is 0 Å². The van der Waals surface area contributed by atoms with Gasteiger partial charge in [0, 0.05) is 24.5 Å². The fourth-order valence-electron chi connectivity index (χ4n) is 3.92. The minimum atomic E-state index is 0.358. The number of aromatic nitrogens is 2. The number of nitrogens with one attached hydrogen (secondary N) is 1. The molecule has 0 amide bonds. The van der Waals surface area contributed by atoms with Crippen LogP contribution < -0.4 is 5.32 Å². The summed E-state index contributed by atoms with van der Waals surface area (Å²) in [6.07, 6.45) is 10.8. The number of hydrogen-bond acceptors (Lipinski definition) is 2. The SMILES string of the molecule is CC1(C)C(n2ccnc2NC2CCCCC2)C1(C)C. The minimum absolute atomic E-state index is 0.358. The molecule has 3 nitrogen and oxygen atoms in total. The van der Waals surface area contributed by atoms with E-state index in [0.717, 1.165) is 5.95 Å². The van der Waals surface area contributed by atoms with Crippen molar-refractivity contribution in [2.45, 2.75) is 71.9 Å². The molecule has 3 heteroatoms. The Balaban J connectivity index is 1.76. The highest BCUT2D eigenvalue weighted by atomic mass is 15.3. The van der Waals surface area contributed by atoms with Gasteiger partial charge < -0.3 is 9.88 Å². The quantitative estimate of drug-likeness (QED) is 0.882. The molecule has 0 saturated heterocycles. The van der Waals surface area contributed by atoms with Crippen molar-refractivity contribution in [2.24, 2.45) is 10.8 Å². The second kappa shape index (κ2) is 4.26. The monoisotopic (exact) mass is 261 g/mol. The lowest BCUT2D eigenvalue weighted by atomic mass is 9.96. The summed E-state index contributed by atoms with van der Waals surface area (Å²) >= 11 is 0. The molecule has 0 aliphatic heterocycles. The maximum atomic E-state index is 4.55. The standard InChI is InChI=1S/C16H27N3/c1-15(2)13(16(15,3)4)19-11-10-17-14(19)18-12-8-6-5-7-9-12/h10-13H,5-9H2,1-4H3,(H,17,18). The Bertz CT molecular complexity index is 438. The van der Waals surface area contributed by atoms with Gasteiger partial charge in [-0.2, -0.15) is 0 Å². The van der Waals surface area contributed by atoms with Crippen LogP contribution in [0.3, 0.4) is 0 Å². The molecule has 0 atom stereocenters. The van der Waals surface area contributed by atoms with Crippen molar-refractivity contribution in [3.05, 3.63) is 12.4 Å². The second-order valence-electron chi connectivity index (χ2n) is 7.48. The molecule has 2 fully saturated rings. The number of nitrogens with zero attached hydrogens (tertiary/aromatic N) is 2. The van der Waals surface area contributed by atoms with E-state index in [9.17, 15) is 0 Å². The van der Waals surface area contributed by atoms with E-state index in [1.54, 1.807) is 0 Å². The van der Waals surface area contributed by atoms with E-state index in [2.05, 4.69) is 48.8 Å². The van der Waals surface area contributed by atoms with Gasteiger partial charge in [0.2, 0.25) is 5.95 Å². The van der Waals surface area contributed by atoms with Gasteiger partial charge in [-0.3, -0.25) is 0 Å². The van der Waals surface area contributed by atoms with Crippen LogP contribution in [0, 0.1) is 10.8 Å². The highest BCUT2D eigenvalue weighted by molar-refractivity contribution is 5.33. The summed E-state index contributed by atoms with van der Waals surface area (Å²) in [6.45, 7) is 9.45. The average Bonchev–Trinajstić information content (AvgIpc) is 2.68. The lowest BCUT2D eigenvalue weighted by Crippen LogP contribution is -2.24. The lowest BCUT2D eigenvalue weighted by Gasteiger charge is -2.24. The van der Waals surface area contributed by atoms with Gasteiger partial charge in [-0.1, -0.05) is 47.0 Å². The summed E-state index contributed by atoms with van der Waals surface area (Å²) in [5.41, 5.74) is 0.716. The van der Waals surface area contributed by atoms with Crippen LogP contribution >= 0.6 is 0 Å². The predicted molar refractivity (Wildman–Crippen MR) is 79.3 cm³/mol. The first-order chi connectivity index (χ1) is 8.94. The molecule has 0 unspecified atom stereocenters. The van der Waals surface area contributed by atoms with Gasteiger partial charge in [-0.15, -0.1) is 0 Å². The highest BCUT2D eigenvalue weighted by Gasteiger charge is 2.66. The molecule has 3 rings (SSSR count). The topological polar surface area (TPSA) is 29.9 Å². The molecule has 0 radical (unpaired) electrons. The zero-order valence-corrected chi connectivity index (χ0v) is 12.7. The number of anilines is 1. The van der Waals surface area contributed by atoms with Crippen LogP contribution in [-0.4, -0.2) is 15.6 Å². The Hall–Kier alpha value is -0.990. The van der Waals surface area contributed by atoms with E-state index in [-0.39, 0.29) is 0 Å². The minimum Gasteiger partial charge on any atom is -0.353 e. The van der Waals surface area contributed by atoms with Crippen LogP contribution in [0.15, 0.2) is 12.4 Å². The third kappa shape index (κ3) is 1.98. The molecule has 19 heavy (non-hydrogen) atoms. The molecule has 1 N–H and O–H groups in total. The average molecular weight is 261 g/mol. The van der Waals surface area contributed by atoms with Crippen LogP contribution in [0.1, 0.15) is 65.8 Å². The normalized spacial score (nSPS) is 26.3. The molecule has 2 aliphatic rings. The zero-order valence-electron chi connectivity index (χ0n) is 12.7. The lowest BCUT2D eigenvalue weighted by molar-refractivity contribution is 0.457. The van der Waals surface area contributed by atoms with Crippen molar-refractivity contribution in [1.29, 1.82) is 0 Å². The first kappa shape index (κ1) is 13.0.